The number of pyridine rings is 1. The van der Waals surface area contributed by atoms with Gasteiger partial charge in [-0.15, -0.1) is 0 Å². The van der Waals surface area contributed by atoms with E-state index >= 15 is 0 Å². The molecule has 0 bridgehead atoms. The van der Waals surface area contributed by atoms with E-state index < -0.39 is 5.97 Å². The molecule has 1 aliphatic rings. The highest BCUT2D eigenvalue weighted by Crippen LogP contribution is 2.33. The molecule has 0 saturated carbocycles. The molecule has 0 radical (unpaired) electrons. The summed E-state index contributed by atoms with van der Waals surface area (Å²) in [6.07, 6.45) is 3.66. The molecule has 5 rings (SSSR count). The van der Waals surface area contributed by atoms with E-state index in [4.69, 9.17) is 4.74 Å². The van der Waals surface area contributed by atoms with Crippen molar-refractivity contribution in [2.75, 3.05) is 18.5 Å². The maximum atomic E-state index is 14.6. The van der Waals surface area contributed by atoms with Gasteiger partial charge in [-0.2, -0.15) is 0 Å². The Morgan fingerprint density at radius 2 is 2.06 bits per heavy atom. The number of ether oxygens (including phenoxy) is 1. The van der Waals surface area contributed by atoms with Crippen molar-refractivity contribution < 1.29 is 19.0 Å². The Morgan fingerprint density at radius 3 is 2.86 bits per heavy atom. The van der Waals surface area contributed by atoms with Gasteiger partial charge < -0.3 is 20.5 Å². The fourth-order valence-electron chi connectivity index (χ4n) is 4.41. The number of halogens is 1. The molecule has 1 aliphatic heterocycles. The number of rotatable bonds is 8. The number of hydrogen-bond donors (Lipinski definition) is 3. The van der Waals surface area contributed by atoms with Crippen LogP contribution in [-0.4, -0.2) is 43.6 Å². The smallest absolute Gasteiger partial charge is 0.356 e. The minimum atomic E-state index is -1.15. The first-order chi connectivity index (χ1) is 17.0. The zero-order chi connectivity index (χ0) is 24.5. The third-order valence-corrected chi connectivity index (χ3v) is 6.08. The van der Waals surface area contributed by atoms with Gasteiger partial charge >= 0.3 is 5.97 Å². The van der Waals surface area contributed by atoms with Gasteiger partial charge in [-0.25, -0.2) is 19.2 Å². The SMILES string of the molecule is CCNCc1nc(C)ccc1-c1cnc(NCc2c(F)ccc3c2CCO3)n2cnc(C(=O)O)c12. The van der Waals surface area contributed by atoms with Gasteiger partial charge in [0.1, 0.15) is 17.9 Å². The normalized spacial score (nSPS) is 12.5. The first-order valence-electron chi connectivity index (χ1n) is 11.4. The van der Waals surface area contributed by atoms with Gasteiger partial charge in [-0.3, -0.25) is 9.38 Å². The molecule has 180 valence electrons. The Balaban J connectivity index is 1.58. The third kappa shape index (κ3) is 4.17. The van der Waals surface area contributed by atoms with Crippen LogP contribution in [0.25, 0.3) is 16.6 Å². The fraction of sp³-hybridized carbons (Fsp3) is 0.280. The molecular formula is C25H25FN6O3. The van der Waals surface area contributed by atoms with E-state index in [1.807, 2.05) is 26.0 Å². The summed E-state index contributed by atoms with van der Waals surface area (Å²) in [6.45, 7) is 5.89. The lowest BCUT2D eigenvalue weighted by Crippen LogP contribution is -2.15. The standard InChI is InChI=1S/C25H25FN6O3/c1-3-27-12-20-15(5-4-14(2)31-20)18-11-29-25(32-13-30-22(23(18)32)24(33)34)28-10-17-16-8-9-35-21(16)7-6-19(17)26/h4-7,11,13,27H,3,8-10,12H2,1-2H3,(H,28,29)(H,33,34). The van der Waals surface area contributed by atoms with Crippen molar-refractivity contribution in [2.24, 2.45) is 0 Å². The molecule has 0 saturated heterocycles. The van der Waals surface area contributed by atoms with Crippen molar-refractivity contribution in [1.29, 1.82) is 0 Å². The minimum Gasteiger partial charge on any atom is -0.493 e. The lowest BCUT2D eigenvalue weighted by atomic mass is 10.0. The predicted octanol–water partition coefficient (Wildman–Crippen LogP) is 3.59. The molecule has 1 aromatic carbocycles. The Bertz CT molecular complexity index is 1430. The highest BCUT2D eigenvalue weighted by molar-refractivity contribution is 5.99. The van der Waals surface area contributed by atoms with Gasteiger partial charge in [-0.1, -0.05) is 13.0 Å². The number of anilines is 1. The maximum absolute atomic E-state index is 14.6. The maximum Gasteiger partial charge on any atom is 0.356 e. The summed E-state index contributed by atoms with van der Waals surface area (Å²) in [5, 5.41) is 16.3. The third-order valence-electron chi connectivity index (χ3n) is 6.08. The quantitative estimate of drug-likeness (QED) is 0.354. The van der Waals surface area contributed by atoms with E-state index in [0.717, 1.165) is 29.1 Å². The van der Waals surface area contributed by atoms with Crippen LogP contribution in [0.3, 0.4) is 0 Å². The molecule has 0 fully saturated rings. The highest BCUT2D eigenvalue weighted by atomic mass is 19.1. The van der Waals surface area contributed by atoms with E-state index in [1.54, 1.807) is 16.7 Å². The predicted molar refractivity (Wildman–Crippen MR) is 128 cm³/mol. The van der Waals surface area contributed by atoms with Crippen molar-refractivity contribution in [3.05, 3.63) is 70.8 Å². The van der Waals surface area contributed by atoms with Gasteiger partial charge in [0.15, 0.2) is 5.69 Å². The van der Waals surface area contributed by atoms with Crippen molar-refractivity contribution in [1.82, 2.24) is 24.7 Å². The van der Waals surface area contributed by atoms with E-state index in [9.17, 15) is 14.3 Å². The number of nitrogens with one attached hydrogen (secondary N) is 2. The lowest BCUT2D eigenvalue weighted by Gasteiger charge is -2.15. The summed E-state index contributed by atoms with van der Waals surface area (Å²) in [4.78, 5) is 25.4. The molecular weight excluding hydrogens is 451 g/mol. The number of aryl methyl sites for hydroxylation is 1. The second-order valence-corrected chi connectivity index (χ2v) is 8.29. The number of carbonyl (C=O) groups is 1. The number of aromatic nitrogens is 4. The van der Waals surface area contributed by atoms with Crippen LogP contribution < -0.4 is 15.4 Å². The van der Waals surface area contributed by atoms with Gasteiger partial charge in [0.2, 0.25) is 5.95 Å². The van der Waals surface area contributed by atoms with Crippen LogP contribution in [0, 0.1) is 12.7 Å². The number of carboxylic acids is 1. The van der Waals surface area contributed by atoms with Gasteiger partial charge in [0.25, 0.3) is 0 Å². The topological polar surface area (TPSA) is 114 Å². The van der Waals surface area contributed by atoms with E-state index in [-0.39, 0.29) is 18.1 Å². The lowest BCUT2D eigenvalue weighted by molar-refractivity contribution is 0.0693. The zero-order valence-electron chi connectivity index (χ0n) is 19.4. The van der Waals surface area contributed by atoms with Crippen LogP contribution in [0.5, 0.6) is 5.75 Å². The van der Waals surface area contributed by atoms with Crippen LogP contribution in [0.4, 0.5) is 10.3 Å². The Labute approximate surface area is 201 Å². The van der Waals surface area contributed by atoms with Crippen molar-refractivity contribution in [3.8, 4) is 16.9 Å². The van der Waals surface area contributed by atoms with Crippen molar-refractivity contribution >= 4 is 17.4 Å². The second-order valence-electron chi connectivity index (χ2n) is 8.29. The highest BCUT2D eigenvalue weighted by Gasteiger charge is 2.23. The first-order valence-corrected chi connectivity index (χ1v) is 11.4. The van der Waals surface area contributed by atoms with Crippen LogP contribution >= 0.6 is 0 Å². The molecule has 0 unspecified atom stereocenters. The molecule has 0 atom stereocenters. The molecule has 0 spiro atoms. The molecule has 3 N–H and O–H groups in total. The van der Waals surface area contributed by atoms with Crippen LogP contribution in [0.1, 0.15) is 39.9 Å². The van der Waals surface area contributed by atoms with Gasteiger partial charge in [-0.05, 0) is 31.7 Å². The average molecular weight is 477 g/mol. The number of carboxylic acid groups (broad SMARTS) is 1. The van der Waals surface area contributed by atoms with Crippen LogP contribution in [-0.2, 0) is 19.5 Å². The van der Waals surface area contributed by atoms with E-state index in [0.29, 0.717) is 47.9 Å². The molecule has 9 nitrogen and oxygen atoms in total. The monoisotopic (exact) mass is 476 g/mol. The van der Waals surface area contributed by atoms with Gasteiger partial charge in [0, 0.05) is 53.7 Å². The summed E-state index contributed by atoms with van der Waals surface area (Å²) < 4.78 is 21.8. The number of fused-ring (bicyclic) bond motifs is 2. The summed E-state index contributed by atoms with van der Waals surface area (Å²) >= 11 is 0. The van der Waals surface area contributed by atoms with E-state index in [2.05, 4.69) is 25.6 Å². The Morgan fingerprint density at radius 1 is 1.20 bits per heavy atom. The second kappa shape index (κ2) is 9.30. The summed E-state index contributed by atoms with van der Waals surface area (Å²) in [5.74, 6) is -0.436. The number of nitrogens with zero attached hydrogens (tertiary/aromatic N) is 4. The fourth-order valence-corrected chi connectivity index (χ4v) is 4.41. The number of aromatic carboxylic acids is 1. The first kappa shape index (κ1) is 22.7. The van der Waals surface area contributed by atoms with Crippen LogP contribution in [0.2, 0.25) is 0 Å². The Hall–Kier alpha value is -4.05. The van der Waals surface area contributed by atoms with Crippen LogP contribution in [0.15, 0.2) is 36.8 Å². The van der Waals surface area contributed by atoms with E-state index in [1.165, 1.54) is 12.4 Å². The Kier molecular flexibility index (Phi) is 6.04. The summed E-state index contributed by atoms with van der Waals surface area (Å²) in [7, 11) is 0. The molecule has 0 aliphatic carbocycles. The molecule has 35 heavy (non-hydrogen) atoms. The molecule has 4 aromatic rings. The minimum absolute atomic E-state index is 0.0967. The summed E-state index contributed by atoms with van der Waals surface area (Å²) in [5.41, 5.74) is 4.65. The number of hydrogen-bond acceptors (Lipinski definition) is 7. The van der Waals surface area contributed by atoms with Gasteiger partial charge in [0.05, 0.1) is 17.8 Å². The van der Waals surface area contributed by atoms with Crippen molar-refractivity contribution in [3.63, 3.8) is 0 Å². The molecule has 3 aromatic heterocycles. The molecule has 4 heterocycles. The molecule has 10 heteroatoms. The number of benzene rings is 1. The number of imidazole rings is 1. The van der Waals surface area contributed by atoms with Crippen molar-refractivity contribution in [2.45, 2.75) is 33.4 Å². The average Bonchev–Trinajstić information content (AvgIpc) is 3.50. The largest absolute Gasteiger partial charge is 0.493 e. The summed E-state index contributed by atoms with van der Waals surface area (Å²) in [6, 6.07) is 6.83. The zero-order valence-corrected chi connectivity index (χ0v) is 19.4. The molecule has 0 amide bonds.